The van der Waals surface area contributed by atoms with Gasteiger partial charge in [0.2, 0.25) is 21.8 Å². The van der Waals surface area contributed by atoms with Crippen LogP contribution in [0.5, 0.6) is 0 Å². The van der Waals surface area contributed by atoms with Crippen LogP contribution in [0.15, 0.2) is 41.3 Å². The zero-order chi connectivity index (χ0) is 23.6. The van der Waals surface area contributed by atoms with Crippen molar-refractivity contribution in [3.63, 3.8) is 0 Å². The molecule has 0 aromatic heterocycles. The number of sulfonamides is 1. The molecule has 7 nitrogen and oxygen atoms in total. The third-order valence-electron chi connectivity index (χ3n) is 5.74. The fourth-order valence-electron chi connectivity index (χ4n) is 3.88. The van der Waals surface area contributed by atoms with E-state index in [2.05, 4.69) is 10.0 Å². The Morgan fingerprint density at radius 1 is 1.06 bits per heavy atom. The minimum Gasteiger partial charge on any atom is -0.324 e. The van der Waals surface area contributed by atoms with Gasteiger partial charge in [0.05, 0.1) is 4.90 Å². The highest BCUT2D eigenvalue weighted by atomic mass is 32.2. The second-order valence-electron chi connectivity index (χ2n) is 8.72. The molecule has 1 unspecified atom stereocenters. The zero-order valence-electron chi connectivity index (χ0n) is 19.2. The summed E-state index contributed by atoms with van der Waals surface area (Å²) < 4.78 is 28.9. The first-order valence-corrected chi connectivity index (χ1v) is 12.3. The molecule has 0 radical (unpaired) electrons. The van der Waals surface area contributed by atoms with Crippen LogP contribution in [0.4, 0.5) is 11.4 Å². The Morgan fingerprint density at radius 2 is 1.78 bits per heavy atom. The number of amides is 2. The molecule has 2 aromatic carbocycles. The summed E-state index contributed by atoms with van der Waals surface area (Å²) in [7, 11) is -3.95. The normalized spacial score (nSPS) is 14.8. The van der Waals surface area contributed by atoms with Crippen molar-refractivity contribution in [1.82, 2.24) is 4.72 Å². The van der Waals surface area contributed by atoms with Gasteiger partial charge in [-0.25, -0.2) is 8.42 Å². The number of carbonyl (C=O) groups is 2. The molecule has 0 spiro atoms. The Kier molecular flexibility index (Phi) is 7.05. The number of hydrogen-bond acceptors (Lipinski definition) is 4. The van der Waals surface area contributed by atoms with Crippen molar-refractivity contribution in [3.8, 4) is 0 Å². The lowest BCUT2D eigenvalue weighted by Crippen LogP contribution is -2.47. The number of nitrogens with zero attached hydrogens (tertiary/aromatic N) is 1. The molecule has 2 aromatic rings. The number of nitrogens with one attached hydrogen (secondary N) is 2. The summed E-state index contributed by atoms with van der Waals surface area (Å²) in [4.78, 5) is 26.6. The van der Waals surface area contributed by atoms with Crippen LogP contribution in [0.1, 0.15) is 43.9 Å². The van der Waals surface area contributed by atoms with E-state index in [0.717, 1.165) is 28.8 Å². The molecule has 1 heterocycles. The van der Waals surface area contributed by atoms with E-state index in [9.17, 15) is 18.0 Å². The summed E-state index contributed by atoms with van der Waals surface area (Å²) in [5.41, 5.74) is 4.13. The van der Waals surface area contributed by atoms with Crippen LogP contribution in [0.2, 0.25) is 0 Å². The monoisotopic (exact) mass is 457 g/mol. The lowest BCUT2D eigenvalue weighted by atomic mass is 10.0. The Morgan fingerprint density at radius 3 is 2.44 bits per heavy atom. The zero-order valence-corrected chi connectivity index (χ0v) is 20.0. The number of anilines is 2. The summed E-state index contributed by atoms with van der Waals surface area (Å²) in [6.45, 7) is 9.55. The molecule has 32 heavy (non-hydrogen) atoms. The predicted octanol–water partition coefficient (Wildman–Crippen LogP) is 3.54. The van der Waals surface area contributed by atoms with Crippen LogP contribution < -0.4 is 14.9 Å². The van der Waals surface area contributed by atoms with Gasteiger partial charge in [-0.05, 0) is 73.6 Å². The lowest BCUT2D eigenvalue weighted by Gasteiger charge is -2.29. The Labute approximate surface area is 190 Å². The maximum atomic E-state index is 13.2. The first-order valence-electron chi connectivity index (χ1n) is 10.8. The summed E-state index contributed by atoms with van der Waals surface area (Å²) in [6, 6.07) is 9.56. The highest BCUT2D eigenvalue weighted by molar-refractivity contribution is 7.89. The van der Waals surface area contributed by atoms with Gasteiger partial charge in [0, 0.05) is 24.8 Å². The van der Waals surface area contributed by atoms with Gasteiger partial charge in [-0.3, -0.25) is 9.59 Å². The van der Waals surface area contributed by atoms with E-state index in [1.54, 1.807) is 30.9 Å². The molecule has 0 saturated heterocycles. The van der Waals surface area contributed by atoms with Crippen LogP contribution in [-0.4, -0.2) is 32.8 Å². The van der Waals surface area contributed by atoms with Gasteiger partial charge in [0.25, 0.3) is 0 Å². The third-order valence-corrected chi connectivity index (χ3v) is 7.18. The molecule has 1 aliphatic rings. The van der Waals surface area contributed by atoms with Crippen LogP contribution in [0, 0.1) is 19.8 Å². The average Bonchev–Trinajstić information content (AvgIpc) is 2.73. The maximum absolute atomic E-state index is 13.2. The fourth-order valence-corrected chi connectivity index (χ4v) is 5.27. The Balaban J connectivity index is 1.85. The minimum atomic E-state index is -3.95. The van der Waals surface area contributed by atoms with E-state index < -0.39 is 22.0 Å². The van der Waals surface area contributed by atoms with E-state index in [4.69, 9.17) is 0 Å². The molecular formula is C24H31N3O4S. The Hall–Kier alpha value is -2.71. The van der Waals surface area contributed by atoms with Gasteiger partial charge in [-0.15, -0.1) is 0 Å². The summed E-state index contributed by atoms with van der Waals surface area (Å²) in [5, 5.41) is 2.86. The molecule has 0 saturated carbocycles. The van der Waals surface area contributed by atoms with Crippen molar-refractivity contribution < 1.29 is 18.0 Å². The highest BCUT2D eigenvalue weighted by Crippen LogP contribution is 2.30. The van der Waals surface area contributed by atoms with Crippen LogP contribution >= 0.6 is 0 Å². The van der Waals surface area contributed by atoms with E-state index in [1.165, 1.54) is 13.0 Å². The smallest absolute Gasteiger partial charge is 0.242 e. The predicted molar refractivity (Wildman–Crippen MR) is 126 cm³/mol. The quantitative estimate of drug-likeness (QED) is 0.694. The van der Waals surface area contributed by atoms with Crippen LogP contribution in [0.3, 0.4) is 0 Å². The van der Waals surface area contributed by atoms with Crippen molar-refractivity contribution in [1.29, 1.82) is 0 Å². The van der Waals surface area contributed by atoms with Gasteiger partial charge >= 0.3 is 0 Å². The van der Waals surface area contributed by atoms with E-state index >= 15 is 0 Å². The number of fused-ring (bicyclic) bond motifs is 1. The number of rotatable bonds is 6. The van der Waals surface area contributed by atoms with Crippen LogP contribution in [-0.2, 0) is 26.0 Å². The van der Waals surface area contributed by atoms with Gasteiger partial charge in [0.15, 0.2) is 0 Å². The highest BCUT2D eigenvalue weighted by Gasteiger charge is 2.30. The maximum Gasteiger partial charge on any atom is 0.242 e. The van der Waals surface area contributed by atoms with Crippen molar-refractivity contribution in [3.05, 3.63) is 53.1 Å². The second-order valence-corrected chi connectivity index (χ2v) is 10.4. The first-order chi connectivity index (χ1) is 15.0. The van der Waals surface area contributed by atoms with Gasteiger partial charge in [0.1, 0.15) is 6.04 Å². The van der Waals surface area contributed by atoms with E-state index in [1.807, 2.05) is 32.0 Å². The largest absolute Gasteiger partial charge is 0.324 e. The molecule has 172 valence electrons. The lowest BCUT2D eigenvalue weighted by molar-refractivity contribution is -0.118. The number of hydrogen-bond donors (Lipinski definition) is 2. The fraction of sp³-hybridized carbons (Fsp3) is 0.417. The molecule has 0 bridgehead atoms. The molecule has 2 N–H and O–H groups in total. The summed E-state index contributed by atoms with van der Waals surface area (Å²) in [5.74, 6) is -0.735. The topological polar surface area (TPSA) is 95.6 Å². The van der Waals surface area contributed by atoms with Gasteiger partial charge < -0.3 is 10.2 Å². The molecule has 1 atom stereocenters. The molecule has 3 rings (SSSR count). The molecule has 0 fully saturated rings. The third kappa shape index (κ3) is 5.19. The van der Waals surface area contributed by atoms with Crippen molar-refractivity contribution in [2.45, 2.75) is 58.4 Å². The molecule has 0 aliphatic carbocycles. The van der Waals surface area contributed by atoms with Crippen molar-refractivity contribution in [2.75, 3.05) is 16.8 Å². The van der Waals surface area contributed by atoms with E-state index in [0.29, 0.717) is 18.7 Å². The SMILES string of the molecule is CC(=O)N1CCCc2cc(S(=O)(=O)NC(C(=O)Nc3cc(C)ccc3C)C(C)C)ccc21. The molecule has 2 amide bonds. The average molecular weight is 458 g/mol. The number of carbonyl (C=O) groups excluding carboxylic acids is 2. The molecule has 1 aliphatic heterocycles. The molecular weight excluding hydrogens is 426 g/mol. The van der Waals surface area contributed by atoms with Crippen molar-refractivity contribution in [2.24, 2.45) is 5.92 Å². The summed E-state index contributed by atoms with van der Waals surface area (Å²) >= 11 is 0. The molecule has 8 heteroatoms. The van der Waals surface area contributed by atoms with Gasteiger partial charge in [-0.2, -0.15) is 4.72 Å². The summed E-state index contributed by atoms with van der Waals surface area (Å²) in [6.07, 6.45) is 1.47. The van der Waals surface area contributed by atoms with E-state index in [-0.39, 0.29) is 16.7 Å². The second kappa shape index (κ2) is 9.42. The number of aryl methyl sites for hydroxylation is 3. The Bertz CT molecular complexity index is 1140. The minimum absolute atomic E-state index is 0.0670. The first kappa shape index (κ1) is 23.9. The van der Waals surface area contributed by atoms with Crippen molar-refractivity contribution >= 4 is 33.2 Å². The number of benzene rings is 2. The van der Waals surface area contributed by atoms with Gasteiger partial charge in [-0.1, -0.05) is 26.0 Å². The van der Waals surface area contributed by atoms with Crippen LogP contribution in [0.25, 0.3) is 0 Å². The standard InChI is InChI=1S/C24H31N3O4S/c1-15(2)23(24(29)25-21-13-16(3)8-9-17(21)4)26-32(30,31)20-10-11-22-19(14-20)7-6-12-27(22)18(5)28/h8-11,13-15,23,26H,6-7,12H2,1-5H3,(H,25,29).